The minimum absolute atomic E-state index is 0.0725. The van der Waals surface area contributed by atoms with Crippen LogP contribution >= 0.6 is 11.8 Å². The minimum atomic E-state index is -1.03. The van der Waals surface area contributed by atoms with Gasteiger partial charge in [0.25, 0.3) is 0 Å². The molecule has 0 radical (unpaired) electrons. The van der Waals surface area contributed by atoms with Gasteiger partial charge >= 0.3 is 5.97 Å². The summed E-state index contributed by atoms with van der Waals surface area (Å²) in [4.78, 5) is 34.3. The summed E-state index contributed by atoms with van der Waals surface area (Å²) in [6.07, 6.45) is 0. The Bertz CT molecular complexity index is 1050. The van der Waals surface area contributed by atoms with Crippen LogP contribution in [0.5, 0.6) is 0 Å². The Hall–Kier alpha value is -3.73. The lowest BCUT2D eigenvalue weighted by Crippen LogP contribution is -2.25. The average Bonchev–Trinajstić information content (AvgIpc) is 3.19. The van der Waals surface area contributed by atoms with E-state index in [-0.39, 0.29) is 23.8 Å². The smallest absolute Gasteiger partial charge is 0.335 e. The highest BCUT2D eigenvalue weighted by atomic mass is 32.2. The van der Waals surface area contributed by atoms with E-state index >= 15 is 0 Å². The molecule has 4 N–H and O–H groups in total. The number of rotatable bonds is 8. The maximum absolute atomic E-state index is 12.1. The molecule has 29 heavy (non-hydrogen) atoms. The number of carboxylic acid groups (broad SMARTS) is 1. The number of carbonyl (C=O) groups excluding carboxylic acids is 2. The summed E-state index contributed by atoms with van der Waals surface area (Å²) < 4.78 is 1.42. The van der Waals surface area contributed by atoms with E-state index in [2.05, 4.69) is 20.8 Å². The third-order valence-corrected chi connectivity index (χ3v) is 4.75. The fourth-order valence-corrected chi connectivity index (χ4v) is 3.11. The summed E-state index contributed by atoms with van der Waals surface area (Å²) in [5.74, 6) is -1.73. The van der Waals surface area contributed by atoms with Crippen molar-refractivity contribution in [3.05, 3.63) is 65.2 Å². The van der Waals surface area contributed by atoms with Gasteiger partial charge in [-0.05, 0) is 52.4 Å². The van der Waals surface area contributed by atoms with Crippen LogP contribution in [0.3, 0.4) is 0 Å². The lowest BCUT2D eigenvalue weighted by atomic mass is 10.1. The lowest BCUT2D eigenvalue weighted by molar-refractivity contribution is -0.118. The molecule has 0 aliphatic rings. The number of nitrogens with two attached hydrogens (primary N) is 1. The van der Waals surface area contributed by atoms with Crippen LogP contribution < -0.4 is 11.1 Å². The maximum atomic E-state index is 12.1. The summed E-state index contributed by atoms with van der Waals surface area (Å²) in [6, 6.07) is 12.7. The third kappa shape index (κ3) is 5.17. The van der Waals surface area contributed by atoms with E-state index in [0.717, 1.165) is 17.3 Å². The Morgan fingerprint density at radius 1 is 1.10 bits per heavy atom. The van der Waals surface area contributed by atoms with Crippen molar-refractivity contribution in [2.24, 2.45) is 5.73 Å². The van der Waals surface area contributed by atoms with E-state index < -0.39 is 11.9 Å². The van der Waals surface area contributed by atoms with Crippen LogP contribution in [0.15, 0.2) is 53.7 Å². The number of nitrogens with one attached hydrogen (secondary N) is 1. The van der Waals surface area contributed by atoms with Gasteiger partial charge in [-0.25, -0.2) is 4.79 Å². The number of tetrazole rings is 1. The van der Waals surface area contributed by atoms with Crippen LogP contribution in [0.2, 0.25) is 0 Å². The SMILES string of the molecule is NC(=O)c1cccc(CNC(=O)CSc2nnnn2-c2ccc(C(=O)O)cc2)c1. The zero-order valence-electron chi connectivity index (χ0n) is 15.0. The number of nitrogens with zero attached hydrogens (tertiary/aromatic N) is 4. The second kappa shape index (κ2) is 8.97. The van der Waals surface area contributed by atoms with E-state index in [0.29, 0.717) is 16.4 Å². The number of benzene rings is 2. The molecule has 148 valence electrons. The number of amides is 2. The van der Waals surface area contributed by atoms with Crippen molar-refractivity contribution in [3.63, 3.8) is 0 Å². The molecule has 0 unspecified atom stereocenters. The predicted molar refractivity (Wildman–Crippen MR) is 104 cm³/mol. The molecular formula is C18H16N6O4S. The van der Waals surface area contributed by atoms with E-state index in [9.17, 15) is 14.4 Å². The molecule has 0 saturated heterocycles. The highest BCUT2D eigenvalue weighted by Crippen LogP contribution is 2.18. The van der Waals surface area contributed by atoms with Gasteiger partial charge in [-0.15, -0.1) is 5.10 Å². The molecular weight excluding hydrogens is 396 g/mol. The van der Waals surface area contributed by atoms with Gasteiger partial charge in [0, 0.05) is 12.1 Å². The quantitative estimate of drug-likeness (QED) is 0.461. The van der Waals surface area contributed by atoms with Gasteiger partial charge in [-0.1, -0.05) is 23.9 Å². The van der Waals surface area contributed by atoms with E-state index in [1.54, 1.807) is 36.4 Å². The lowest BCUT2D eigenvalue weighted by Gasteiger charge is -2.07. The van der Waals surface area contributed by atoms with Gasteiger partial charge < -0.3 is 16.2 Å². The molecule has 1 aromatic heterocycles. The van der Waals surface area contributed by atoms with Crippen molar-refractivity contribution in [2.75, 3.05) is 5.75 Å². The van der Waals surface area contributed by atoms with Crippen molar-refractivity contribution < 1.29 is 19.5 Å². The first-order valence-electron chi connectivity index (χ1n) is 8.34. The largest absolute Gasteiger partial charge is 0.478 e. The monoisotopic (exact) mass is 412 g/mol. The summed E-state index contributed by atoms with van der Waals surface area (Å²) >= 11 is 1.13. The summed E-state index contributed by atoms with van der Waals surface area (Å²) in [5, 5.41) is 23.5. The van der Waals surface area contributed by atoms with Crippen molar-refractivity contribution in [1.29, 1.82) is 0 Å². The number of hydrogen-bond donors (Lipinski definition) is 3. The molecule has 10 nitrogen and oxygen atoms in total. The molecule has 0 bridgehead atoms. The number of carboxylic acids is 1. The molecule has 1 heterocycles. The molecule has 0 fully saturated rings. The first kappa shape index (κ1) is 20.0. The first-order chi connectivity index (χ1) is 13.9. The molecule has 0 saturated carbocycles. The molecule has 3 aromatic rings. The average molecular weight is 412 g/mol. The van der Waals surface area contributed by atoms with Crippen LogP contribution in [-0.2, 0) is 11.3 Å². The topological polar surface area (TPSA) is 153 Å². The fraction of sp³-hybridized carbons (Fsp3) is 0.111. The minimum Gasteiger partial charge on any atom is -0.478 e. The first-order valence-corrected chi connectivity index (χ1v) is 9.33. The summed E-state index contributed by atoms with van der Waals surface area (Å²) in [5.41, 5.74) is 7.10. The zero-order chi connectivity index (χ0) is 20.8. The molecule has 2 amide bonds. The van der Waals surface area contributed by atoms with E-state index in [1.807, 2.05) is 0 Å². The number of hydrogen-bond acceptors (Lipinski definition) is 7. The van der Waals surface area contributed by atoms with E-state index in [1.165, 1.54) is 16.8 Å². The number of primary amides is 1. The molecule has 2 aromatic carbocycles. The van der Waals surface area contributed by atoms with Gasteiger partial charge in [0.05, 0.1) is 17.0 Å². The summed E-state index contributed by atoms with van der Waals surface area (Å²) in [6.45, 7) is 0.252. The van der Waals surface area contributed by atoms with Crippen LogP contribution in [-0.4, -0.2) is 48.9 Å². The maximum Gasteiger partial charge on any atom is 0.335 e. The van der Waals surface area contributed by atoms with E-state index in [4.69, 9.17) is 10.8 Å². The molecule has 0 aliphatic carbocycles. The normalized spacial score (nSPS) is 10.5. The number of aromatic nitrogens is 4. The number of aromatic carboxylic acids is 1. The zero-order valence-corrected chi connectivity index (χ0v) is 15.8. The van der Waals surface area contributed by atoms with Gasteiger partial charge in [0.2, 0.25) is 17.0 Å². The van der Waals surface area contributed by atoms with Crippen molar-refractivity contribution in [1.82, 2.24) is 25.5 Å². The Kier molecular flexibility index (Phi) is 6.19. The predicted octanol–water partition coefficient (Wildman–Crippen LogP) is 0.868. The Balaban J connectivity index is 1.57. The van der Waals surface area contributed by atoms with Crippen molar-refractivity contribution in [3.8, 4) is 5.69 Å². The third-order valence-electron chi connectivity index (χ3n) is 3.83. The molecule has 0 spiro atoms. The van der Waals surface area contributed by atoms with Crippen LogP contribution in [0, 0.1) is 0 Å². The molecule has 3 rings (SSSR count). The van der Waals surface area contributed by atoms with Gasteiger partial charge in [-0.3, -0.25) is 9.59 Å². The second-order valence-electron chi connectivity index (χ2n) is 5.86. The van der Waals surface area contributed by atoms with Crippen molar-refractivity contribution >= 4 is 29.5 Å². The van der Waals surface area contributed by atoms with Crippen LogP contribution in [0.1, 0.15) is 26.3 Å². The highest BCUT2D eigenvalue weighted by molar-refractivity contribution is 7.99. The molecule has 0 aliphatic heterocycles. The van der Waals surface area contributed by atoms with Gasteiger partial charge in [-0.2, -0.15) is 4.68 Å². The Morgan fingerprint density at radius 2 is 1.86 bits per heavy atom. The molecule has 0 atom stereocenters. The summed E-state index contributed by atoms with van der Waals surface area (Å²) in [7, 11) is 0. The molecule has 11 heteroatoms. The number of carbonyl (C=O) groups is 3. The highest BCUT2D eigenvalue weighted by Gasteiger charge is 2.12. The number of thioether (sulfide) groups is 1. The van der Waals surface area contributed by atoms with Crippen LogP contribution in [0.25, 0.3) is 5.69 Å². The standard InChI is InChI=1S/C18H16N6O4S/c19-16(26)13-3-1-2-11(8-13)9-20-15(25)10-29-18-21-22-23-24(18)14-6-4-12(5-7-14)17(27)28/h1-8H,9-10H2,(H2,19,26)(H,20,25)(H,27,28). The van der Waals surface area contributed by atoms with Gasteiger partial charge in [0.15, 0.2) is 0 Å². The Labute approximate surface area is 169 Å². The second-order valence-corrected chi connectivity index (χ2v) is 6.80. The van der Waals surface area contributed by atoms with Gasteiger partial charge in [0.1, 0.15) is 0 Å². The fourth-order valence-electron chi connectivity index (χ4n) is 2.39. The van der Waals surface area contributed by atoms with Crippen molar-refractivity contribution in [2.45, 2.75) is 11.7 Å². The Morgan fingerprint density at radius 3 is 2.55 bits per heavy atom. The van der Waals surface area contributed by atoms with Crippen LogP contribution in [0.4, 0.5) is 0 Å².